The van der Waals surface area contributed by atoms with Crippen molar-refractivity contribution in [1.29, 1.82) is 0 Å². The Bertz CT molecular complexity index is 872. The van der Waals surface area contributed by atoms with Crippen molar-refractivity contribution in [3.63, 3.8) is 0 Å². The molecule has 7 heteroatoms. The SMILES string of the molecule is Cc1ccc(CNC(=S)Nc2nc(N3CCCCCC3)cc(N3CCCC(C)C3)n2)cc1. The molecule has 0 radical (unpaired) electrons. The van der Waals surface area contributed by atoms with Crippen LogP contribution in [0.1, 0.15) is 56.6 Å². The molecular weight excluding hydrogens is 416 g/mol. The Morgan fingerprint density at radius 3 is 2.31 bits per heavy atom. The number of anilines is 3. The summed E-state index contributed by atoms with van der Waals surface area (Å²) < 4.78 is 0. The van der Waals surface area contributed by atoms with Crippen LogP contribution in [0.5, 0.6) is 0 Å². The Balaban J connectivity index is 1.49. The van der Waals surface area contributed by atoms with Crippen LogP contribution in [0.4, 0.5) is 17.6 Å². The van der Waals surface area contributed by atoms with Gasteiger partial charge in [0.2, 0.25) is 5.95 Å². The first kappa shape index (κ1) is 22.8. The van der Waals surface area contributed by atoms with Gasteiger partial charge < -0.3 is 20.4 Å². The Morgan fingerprint density at radius 2 is 1.62 bits per heavy atom. The summed E-state index contributed by atoms with van der Waals surface area (Å²) in [5.74, 6) is 3.30. The molecule has 0 spiro atoms. The third-order valence-corrected chi connectivity index (χ3v) is 6.66. The smallest absolute Gasteiger partial charge is 0.232 e. The second-order valence-electron chi connectivity index (χ2n) is 9.30. The Kier molecular flexibility index (Phi) is 7.79. The van der Waals surface area contributed by atoms with Crippen LogP contribution in [0.3, 0.4) is 0 Å². The van der Waals surface area contributed by atoms with E-state index in [0.717, 1.165) is 37.8 Å². The summed E-state index contributed by atoms with van der Waals surface area (Å²) in [6.07, 6.45) is 7.55. The number of hydrogen-bond donors (Lipinski definition) is 2. The van der Waals surface area contributed by atoms with Crippen molar-refractivity contribution in [2.45, 2.75) is 58.9 Å². The van der Waals surface area contributed by atoms with Crippen LogP contribution in [0.2, 0.25) is 0 Å². The molecule has 6 nitrogen and oxygen atoms in total. The molecule has 0 bridgehead atoms. The number of benzene rings is 1. The molecule has 2 aromatic rings. The van der Waals surface area contributed by atoms with Gasteiger partial charge in [-0.2, -0.15) is 9.97 Å². The van der Waals surface area contributed by atoms with E-state index in [1.807, 2.05) is 0 Å². The summed E-state index contributed by atoms with van der Waals surface area (Å²) in [6.45, 7) is 9.31. The van der Waals surface area contributed by atoms with E-state index in [4.69, 9.17) is 22.2 Å². The molecule has 0 saturated carbocycles. The average Bonchev–Trinajstić information content (AvgIpc) is 3.08. The molecule has 3 heterocycles. The zero-order chi connectivity index (χ0) is 22.3. The lowest BCUT2D eigenvalue weighted by Gasteiger charge is -2.33. The molecule has 1 aromatic carbocycles. The van der Waals surface area contributed by atoms with E-state index in [0.29, 0.717) is 23.5 Å². The monoisotopic (exact) mass is 452 g/mol. The molecule has 2 N–H and O–H groups in total. The van der Waals surface area contributed by atoms with Gasteiger partial charge in [0.05, 0.1) is 0 Å². The van der Waals surface area contributed by atoms with Crippen molar-refractivity contribution in [2.75, 3.05) is 41.3 Å². The van der Waals surface area contributed by atoms with E-state index < -0.39 is 0 Å². The summed E-state index contributed by atoms with van der Waals surface area (Å²) in [7, 11) is 0. The average molecular weight is 453 g/mol. The fourth-order valence-electron chi connectivity index (χ4n) is 4.53. The number of thiocarbonyl (C=S) groups is 1. The quantitative estimate of drug-likeness (QED) is 0.627. The zero-order valence-corrected chi connectivity index (χ0v) is 20.3. The first-order valence-corrected chi connectivity index (χ1v) is 12.5. The van der Waals surface area contributed by atoms with Gasteiger partial charge in [-0.15, -0.1) is 0 Å². The maximum Gasteiger partial charge on any atom is 0.232 e. The van der Waals surface area contributed by atoms with Crippen LogP contribution in [-0.4, -0.2) is 41.3 Å². The molecule has 172 valence electrons. The largest absolute Gasteiger partial charge is 0.358 e. The van der Waals surface area contributed by atoms with Crippen LogP contribution >= 0.6 is 12.2 Å². The van der Waals surface area contributed by atoms with E-state index in [9.17, 15) is 0 Å². The van der Waals surface area contributed by atoms with Gasteiger partial charge in [0.1, 0.15) is 11.6 Å². The van der Waals surface area contributed by atoms with Crippen molar-refractivity contribution in [3.05, 3.63) is 41.5 Å². The summed E-state index contributed by atoms with van der Waals surface area (Å²) in [5.41, 5.74) is 2.45. The molecule has 1 atom stereocenters. The number of nitrogens with one attached hydrogen (secondary N) is 2. The van der Waals surface area contributed by atoms with Gasteiger partial charge in [0, 0.05) is 38.8 Å². The van der Waals surface area contributed by atoms with E-state index in [-0.39, 0.29) is 0 Å². The summed E-state index contributed by atoms with van der Waals surface area (Å²) in [4.78, 5) is 14.6. The third kappa shape index (κ3) is 6.31. The number of hydrogen-bond acceptors (Lipinski definition) is 5. The molecule has 2 fully saturated rings. The molecule has 1 aromatic heterocycles. The van der Waals surface area contributed by atoms with Gasteiger partial charge in [-0.3, -0.25) is 0 Å². The summed E-state index contributed by atoms with van der Waals surface area (Å²) >= 11 is 5.57. The topological polar surface area (TPSA) is 56.3 Å². The number of aromatic nitrogens is 2. The minimum absolute atomic E-state index is 0.552. The highest BCUT2D eigenvalue weighted by atomic mass is 32.1. The second kappa shape index (κ2) is 10.9. The highest BCUT2D eigenvalue weighted by Crippen LogP contribution is 2.27. The molecule has 0 amide bonds. The predicted octanol–water partition coefficient (Wildman–Crippen LogP) is 4.89. The molecule has 32 heavy (non-hydrogen) atoms. The lowest BCUT2D eigenvalue weighted by atomic mass is 10.0. The van der Waals surface area contributed by atoms with Gasteiger partial charge in [-0.1, -0.05) is 49.6 Å². The van der Waals surface area contributed by atoms with Gasteiger partial charge in [0.15, 0.2) is 5.11 Å². The van der Waals surface area contributed by atoms with Crippen LogP contribution in [0, 0.1) is 12.8 Å². The zero-order valence-electron chi connectivity index (χ0n) is 19.4. The Labute approximate surface area is 197 Å². The Morgan fingerprint density at radius 1 is 0.969 bits per heavy atom. The second-order valence-corrected chi connectivity index (χ2v) is 9.70. The molecular formula is C25H36N6S. The fourth-order valence-corrected chi connectivity index (χ4v) is 4.70. The van der Waals surface area contributed by atoms with Crippen molar-refractivity contribution < 1.29 is 0 Å². The van der Waals surface area contributed by atoms with Crippen molar-refractivity contribution in [2.24, 2.45) is 5.92 Å². The Hall–Kier alpha value is -2.41. The van der Waals surface area contributed by atoms with Crippen molar-refractivity contribution in [3.8, 4) is 0 Å². The van der Waals surface area contributed by atoms with E-state index in [2.05, 4.69) is 64.6 Å². The first-order chi connectivity index (χ1) is 15.6. The minimum atomic E-state index is 0.552. The molecule has 2 aliphatic rings. The van der Waals surface area contributed by atoms with Gasteiger partial charge in [0.25, 0.3) is 0 Å². The number of piperidine rings is 1. The van der Waals surface area contributed by atoms with Gasteiger partial charge in [-0.25, -0.2) is 0 Å². The number of aryl methyl sites for hydroxylation is 1. The molecule has 4 rings (SSSR count). The summed E-state index contributed by atoms with van der Waals surface area (Å²) in [6, 6.07) is 10.7. The van der Waals surface area contributed by atoms with Crippen LogP contribution in [0.25, 0.3) is 0 Å². The molecule has 2 saturated heterocycles. The van der Waals surface area contributed by atoms with E-state index in [1.165, 1.54) is 49.7 Å². The van der Waals surface area contributed by atoms with Crippen LogP contribution < -0.4 is 20.4 Å². The number of nitrogens with zero attached hydrogens (tertiary/aromatic N) is 4. The van der Waals surface area contributed by atoms with Gasteiger partial charge >= 0.3 is 0 Å². The van der Waals surface area contributed by atoms with E-state index >= 15 is 0 Å². The first-order valence-electron chi connectivity index (χ1n) is 12.1. The lowest BCUT2D eigenvalue weighted by Crippen LogP contribution is -2.36. The van der Waals surface area contributed by atoms with Crippen LogP contribution in [0.15, 0.2) is 30.3 Å². The number of rotatable bonds is 5. The maximum atomic E-state index is 5.57. The van der Waals surface area contributed by atoms with Crippen molar-refractivity contribution in [1.82, 2.24) is 15.3 Å². The molecule has 2 aliphatic heterocycles. The highest BCUT2D eigenvalue weighted by Gasteiger charge is 2.21. The standard InChI is InChI=1S/C25H36N6S/c1-19-9-11-21(12-10-19)17-26-25(32)29-24-27-22(30-13-5-3-4-6-14-30)16-23(28-24)31-15-7-8-20(2)18-31/h9-12,16,20H,3-8,13-15,17-18H2,1-2H3,(H2,26,27,28,29,32). The minimum Gasteiger partial charge on any atom is -0.358 e. The molecule has 0 aliphatic carbocycles. The van der Waals surface area contributed by atoms with E-state index in [1.54, 1.807) is 0 Å². The molecule has 1 unspecified atom stereocenters. The maximum absolute atomic E-state index is 5.57. The van der Waals surface area contributed by atoms with Crippen molar-refractivity contribution >= 4 is 34.9 Å². The van der Waals surface area contributed by atoms with Crippen LogP contribution in [-0.2, 0) is 6.54 Å². The predicted molar refractivity (Wildman–Crippen MR) is 138 cm³/mol. The van der Waals surface area contributed by atoms with Gasteiger partial charge in [-0.05, 0) is 56.3 Å². The lowest BCUT2D eigenvalue weighted by molar-refractivity contribution is 0.444. The summed E-state index contributed by atoms with van der Waals surface area (Å²) in [5, 5.41) is 7.10. The third-order valence-electron chi connectivity index (χ3n) is 6.41. The fraction of sp³-hybridized carbons (Fsp3) is 0.560. The highest BCUT2D eigenvalue weighted by molar-refractivity contribution is 7.80. The normalized spacial score (nSPS) is 19.4.